The van der Waals surface area contributed by atoms with Gasteiger partial charge < -0.3 is 15.7 Å². The van der Waals surface area contributed by atoms with Crippen molar-refractivity contribution >= 4 is 23.8 Å². The van der Waals surface area contributed by atoms with Gasteiger partial charge >= 0.3 is 6.09 Å². The minimum Gasteiger partial charge on any atom is -0.465 e. The van der Waals surface area contributed by atoms with E-state index in [9.17, 15) is 9.59 Å². The quantitative estimate of drug-likeness (QED) is 0.631. The molecular formula is C10H20N2O3S. The van der Waals surface area contributed by atoms with Crippen LogP contribution < -0.4 is 10.6 Å². The van der Waals surface area contributed by atoms with Crippen molar-refractivity contribution in [3.8, 4) is 0 Å². The van der Waals surface area contributed by atoms with Crippen molar-refractivity contribution in [1.82, 2.24) is 10.6 Å². The van der Waals surface area contributed by atoms with E-state index in [1.165, 1.54) is 0 Å². The van der Waals surface area contributed by atoms with Gasteiger partial charge in [0.1, 0.15) is 6.04 Å². The highest BCUT2D eigenvalue weighted by Crippen LogP contribution is 2.01. The Balaban J connectivity index is 4.14. The van der Waals surface area contributed by atoms with Gasteiger partial charge in [0, 0.05) is 6.54 Å². The fraction of sp³-hybridized carbons (Fsp3) is 0.800. The van der Waals surface area contributed by atoms with Gasteiger partial charge in [0.25, 0.3) is 0 Å². The molecule has 0 spiro atoms. The van der Waals surface area contributed by atoms with Crippen LogP contribution in [0.5, 0.6) is 0 Å². The van der Waals surface area contributed by atoms with Crippen LogP contribution in [0.3, 0.4) is 0 Å². The fourth-order valence-electron chi connectivity index (χ4n) is 1.08. The molecule has 0 heterocycles. The maximum Gasteiger partial charge on any atom is 0.405 e. The number of rotatable bonds is 7. The van der Waals surface area contributed by atoms with E-state index in [1.54, 1.807) is 11.8 Å². The van der Waals surface area contributed by atoms with Crippen molar-refractivity contribution in [3.63, 3.8) is 0 Å². The number of nitrogens with one attached hydrogen (secondary N) is 2. The third-order valence-corrected chi connectivity index (χ3v) is 2.55. The first kappa shape index (κ1) is 15.1. The predicted octanol–water partition coefficient (Wildman–Crippen LogP) is 1.15. The van der Waals surface area contributed by atoms with Gasteiger partial charge in [-0.15, -0.1) is 0 Å². The molecule has 0 aliphatic rings. The number of hydrogen-bond acceptors (Lipinski definition) is 3. The largest absolute Gasteiger partial charge is 0.465 e. The van der Waals surface area contributed by atoms with E-state index in [4.69, 9.17) is 5.11 Å². The second kappa shape index (κ2) is 8.27. The van der Waals surface area contributed by atoms with E-state index in [2.05, 4.69) is 10.6 Å². The SMILES string of the molecule is CSCC[C@H](NC(=O)O)C(=O)NCC(C)C. The Morgan fingerprint density at radius 1 is 1.38 bits per heavy atom. The molecule has 0 aliphatic carbocycles. The number of carbonyl (C=O) groups is 2. The monoisotopic (exact) mass is 248 g/mol. The lowest BCUT2D eigenvalue weighted by Gasteiger charge is -2.17. The molecule has 0 aromatic rings. The van der Waals surface area contributed by atoms with Crippen LogP contribution in [0.1, 0.15) is 20.3 Å². The first-order chi connectivity index (χ1) is 7.47. The van der Waals surface area contributed by atoms with Crippen molar-refractivity contribution in [2.24, 2.45) is 5.92 Å². The van der Waals surface area contributed by atoms with E-state index in [1.807, 2.05) is 20.1 Å². The van der Waals surface area contributed by atoms with Crippen LogP contribution in [-0.4, -0.2) is 41.7 Å². The summed E-state index contributed by atoms with van der Waals surface area (Å²) in [5.41, 5.74) is 0. The summed E-state index contributed by atoms with van der Waals surface area (Å²) in [5, 5.41) is 13.6. The van der Waals surface area contributed by atoms with Crippen molar-refractivity contribution in [2.75, 3.05) is 18.6 Å². The molecule has 16 heavy (non-hydrogen) atoms. The zero-order chi connectivity index (χ0) is 12.6. The standard InChI is InChI=1S/C10H20N2O3S/c1-7(2)6-11-9(13)8(4-5-16-3)12-10(14)15/h7-8,12H,4-6H2,1-3H3,(H,11,13)(H,14,15)/t8-/m0/s1. The summed E-state index contributed by atoms with van der Waals surface area (Å²) in [6, 6.07) is -0.649. The van der Waals surface area contributed by atoms with Gasteiger partial charge in [-0.25, -0.2) is 4.79 Å². The predicted molar refractivity (Wildman–Crippen MR) is 65.8 cm³/mol. The minimum absolute atomic E-state index is 0.245. The van der Waals surface area contributed by atoms with Crippen molar-refractivity contribution in [1.29, 1.82) is 0 Å². The third kappa shape index (κ3) is 7.39. The average Bonchev–Trinajstić information content (AvgIpc) is 2.20. The molecule has 0 unspecified atom stereocenters. The maximum atomic E-state index is 11.6. The molecule has 2 amide bonds. The third-order valence-electron chi connectivity index (χ3n) is 1.91. The van der Waals surface area contributed by atoms with E-state index in [0.717, 1.165) is 5.75 Å². The highest BCUT2D eigenvalue weighted by Gasteiger charge is 2.19. The molecule has 0 aromatic heterocycles. The van der Waals surface area contributed by atoms with Crippen LogP contribution >= 0.6 is 11.8 Å². The first-order valence-corrected chi connectivity index (χ1v) is 6.62. The summed E-state index contributed by atoms with van der Waals surface area (Å²) in [5.74, 6) is 0.861. The molecular weight excluding hydrogens is 228 g/mol. The summed E-state index contributed by atoms with van der Waals surface area (Å²) in [6.45, 7) is 4.54. The van der Waals surface area contributed by atoms with Gasteiger partial charge in [0.15, 0.2) is 0 Å². The van der Waals surface area contributed by atoms with Crippen LogP contribution in [-0.2, 0) is 4.79 Å². The summed E-state index contributed by atoms with van der Waals surface area (Å²) in [6.07, 6.45) is 1.27. The highest BCUT2D eigenvalue weighted by molar-refractivity contribution is 7.98. The van der Waals surface area contributed by atoms with Gasteiger partial charge in [-0.3, -0.25) is 4.79 Å². The zero-order valence-electron chi connectivity index (χ0n) is 9.95. The lowest BCUT2D eigenvalue weighted by molar-refractivity contribution is -0.123. The minimum atomic E-state index is -1.16. The van der Waals surface area contributed by atoms with Gasteiger partial charge in [0.05, 0.1) is 0 Å². The van der Waals surface area contributed by atoms with Crippen LogP contribution in [0.4, 0.5) is 4.79 Å². The Kier molecular flexibility index (Phi) is 7.80. The van der Waals surface area contributed by atoms with Crippen LogP contribution in [0, 0.1) is 5.92 Å². The van der Waals surface area contributed by atoms with Gasteiger partial charge in [-0.05, 0) is 24.3 Å². The molecule has 0 radical (unpaired) electrons. The van der Waals surface area contributed by atoms with Gasteiger partial charge in [-0.2, -0.15) is 11.8 Å². The Morgan fingerprint density at radius 2 is 2.00 bits per heavy atom. The number of thioether (sulfide) groups is 1. The molecule has 5 nitrogen and oxygen atoms in total. The molecule has 0 aliphatic heterocycles. The Bertz CT molecular complexity index is 234. The molecule has 1 atom stereocenters. The molecule has 0 saturated heterocycles. The second-order valence-electron chi connectivity index (χ2n) is 3.92. The summed E-state index contributed by atoms with van der Waals surface area (Å²) >= 11 is 1.59. The highest BCUT2D eigenvalue weighted by atomic mass is 32.2. The Labute approximate surface area is 100 Å². The molecule has 0 saturated carbocycles. The van der Waals surface area contributed by atoms with Crippen LogP contribution in [0.15, 0.2) is 0 Å². The first-order valence-electron chi connectivity index (χ1n) is 5.23. The van der Waals surface area contributed by atoms with Crippen molar-refractivity contribution < 1.29 is 14.7 Å². The maximum absolute atomic E-state index is 11.6. The number of hydrogen-bond donors (Lipinski definition) is 3. The number of carboxylic acid groups (broad SMARTS) is 1. The number of carbonyl (C=O) groups excluding carboxylic acids is 1. The summed E-state index contributed by atoms with van der Waals surface area (Å²) in [4.78, 5) is 22.2. The molecule has 3 N–H and O–H groups in total. The van der Waals surface area contributed by atoms with Crippen molar-refractivity contribution in [2.45, 2.75) is 26.3 Å². The smallest absolute Gasteiger partial charge is 0.405 e. The van der Waals surface area contributed by atoms with E-state index < -0.39 is 12.1 Å². The van der Waals surface area contributed by atoms with Gasteiger partial charge in [0.2, 0.25) is 5.91 Å². The van der Waals surface area contributed by atoms with E-state index in [-0.39, 0.29) is 5.91 Å². The molecule has 0 fully saturated rings. The Morgan fingerprint density at radius 3 is 2.44 bits per heavy atom. The molecule has 0 aromatic carbocycles. The van der Waals surface area contributed by atoms with Crippen molar-refractivity contribution in [3.05, 3.63) is 0 Å². The number of amides is 2. The van der Waals surface area contributed by atoms with Gasteiger partial charge in [-0.1, -0.05) is 13.8 Å². The fourth-order valence-corrected chi connectivity index (χ4v) is 1.55. The lowest BCUT2D eigenvalue weighted by atomic mass is 10.2. The second-order valence-corrected chi connectivity index (χ2v) is 4.91. The average molecular weight is 248 g/mol. The van der Waals surface area contributed by atoms with Crippen LogP contribution in [0.25, 0.3) is 0 Å². The van der Waals surface area contributed by atoms with Crippen LogP contribution in [0.2, 0.25) is 0 Å². The Hall–Kier alpha value is -0.910. The molecule has 94 valence electrons. The van der Waals surface area contributed by atoms with E-state index in [0.29, 0.717) is 18.9 Å². The molecule has 6 heteroatoms. The van der Waals surface area contributed by atoms with E-state index >= 15 is 0 Å². The molecule has 0 bridgehead atoms. The topological polar surface area (TPSA) is 78.4 Å². The summed E-state index contributed by atoms with van der Waals surface area (Å²) < 4.78 is 0. The normalized spacial score (nSPS) is 12.2. The lowest BCUT2D eigenvalue weighted by Crippen LogP contribution is -2.47. The summed E-state index contributed by atoms with van der Waals surface area (Å²) in [7, 11) is 0. The molecule has 0 rings (SSSR count). The zero-order valence-corrected chi connectivity index (χ0v) is 10.8.